The number of nitrogens with two attached hydrogens (primary N) is 1. The molecule has 2 atom stereocenters. The number of amides is 2. The summed E-state index contributed by atoms with van der Waals surface area (Å²) in [6, 6.07) is -0.751. The second-order valence-corrected chi connectivity index (χ2v) is 9.60. The van der Waals surface area contributed by atoms with Gasteiger partial charge in [0, 0.05) is 5.69 Å². The number of aromatic nitrogens is 2. The van der Waals surface area contributed by atoms with E-state index in [2.05, 4.69) is 20.1 Å². The molecule has 1 aliphatic heterocycles. The molecule has 0 radical (unpaired) electrons. The first-order valence-electron chi connectivity index (χ1n) is 9.95. The molecule has 0 saturated heterocycles. The summed E-state index contributed by atoms with van der Waals surface area (Å²) in [7, 11) is -1.75. The van der Waals surface area contributed by atoms with Crippen molar-refractivity contribution in [3.05, 3.63) is 34.3 Å². The summed E-state index contributed by atoms with van der Waals surface area (Å²) >= 11 is 0. The zero-order valence-electron chi connectivity index (χ0n) is 16.5. The van der Waals surface area contributed by atoms with E-state index in [1.54, 1.807) is 4.68 Å². The molecule has 5 rings (SSSR count). The average Bonchev–Trinajstić information content (AvgIpc) is 3.32. The molecule has 2 amide bonds. The van der Waals surface area contributed by atoms with Gasteiger partial charge in [0.25, 0.3) is 0 Å². The number of urea groups is 1. The fraction of sp³-hybridized carbons (Fsp3) is 0.474. The van der Waals surface area contributed by atoms with Gasteiger partial charge in [-0.1, -0.05) is 0 Å². The number of nitrogens with zero attached hydrogens (tertiary/aromatic N) is 3. The molecule has 160 valence electrons. The van der Waals surface area contributed by atoms with E-state index in [4.69, 9.17) is 9.88 Å². The number of benzene rings is 1. The first-order valence-corrected chi connectivity index (χ1v) is 11.5. The summed E-state index contributed by atoms with van der Waals surface area (Å²) in [6.45, 7) is 0.895. The van der Waals surface area contributed by atoms with Crippen LogP contribution in [0, 0.1) is 5.82 Å². The van der Waals surface area contributed by atoms with Gasteiger partial charge in [0.15, 0.2) is 9.92 Å². The highest BCUT2D eigenvalue weighted by Gasteiger charge is 2.32. The lowest BCUT2D eigenvalue weighted by molar-refractivity contribution is 0.184. The summed E-state index contributed by atoms with van der Waals surface area (Å²) in [5.74, 6) is 0.127. The smallest absolute Gasteiger partial charge is 0.354 e. The maximum atomic E-state index is 14.6. The maximum absolute atomic E-state index is 14.6. The molecular formula is C19H23FN6O3S. The third-order valence-electron chi connectivity index (χ3n) is 6.09. The minimum absolute atomic E-state index is 0.0676. The number of likely N-dealkylation sites (N-methyl/N-ethyl adjacent to an activating group) is 1. The van der Waals surface area contributed by atoms with Crippen molar-refractivity contribution in [3.63, 3.8) is 0 Å². The van der Waals surface area contributed by atoms with Crippen LogP contribution in [0.1, 0.15) is 28.7 Å². The van der Waals surface area contributed by atoms with E-state index in [0.717, 1.165) is 17.5 Å². The molecule has 3 aliphatic rings. The van der Waals surface area contributed by atoms with Crippen LogP contribution in [0.2, 0.25) is 0 Å². The zero-order valence-corrected chi connectivity index (χ0v) is 17.4. The van der Waals surface area contributed by atoms with Crippen LogP contribution in [0.4, 0.5) is 14.9 Å². The average molecular weight is 434 g/mol. The summed E-state index contributed by atoms with van der Waals surface area (Å²) < 4.78 is 38.6. The number of halogens is 1. The Morgan fingerprint density at radius 3 is 2.73 bits per heavy atom. The molecule has 1 unspecified atom stereocenters. The lowest BCUT2D eigenvalue weighted by Gasteiger charge is -2.26. The molecule has 0 fully saturated rings. The third kappa shape index (κ3) is 2.99. The summed E-state index contributed by atoms with van der Waals surface area (Å²) in [5, 5.41) is 15.9. The molecule has 1 aromatic heterocycles. The number of nitrogens with one attached hydrogen (secondary N) is 2. The predicted molar refractivity (Wildman–Crippen MR) is 108 cm³/mol. The van der Waals surface area contributed by atoms with E-state index in [0.29, 0.717) is 55.6 Å². The molecule has 9 nitrogen and oxygen atoms in total. The van der Waals surface area contributed by atoms with Crippen LogP contribution in [-0.2, 0) is 42.1 Å². The van der Waals surface area contributed by atoms with Crippen molar-refractivity contribution >= 4 is 21.6 Å². The van der Waals surface area contributed by atoms with Crippen molar-refractivity contribution in [2.45, 2.75) is 49.6 Å². The van der Waals surface area contributed by atoms with Crippen LogP contribution in [-0.4, -0.2) is 39.7 Å². The van der Waals surface area contributed by atoms with E-state index in [-0.39, 0.29) is 22.6 Å². The molecule has 2 aromatic rings. The fourth-order valence-electron chi connectivity index (χ4n) is 4.42. The largest absolute Gasteiger partial charge is 0.475 e. The molecule has 4 N–H and O–H groups in total. The minimum Gasteiger partial charge on any atom is -0.475 e. The molecule has 2 aliphatic carbocycles. The maximum Gasteiger partial charge on any atom is 0.354 e. The van der Waals surface area contributed by atoms with Gasteiger partial charge in [-0.25, -0.2) is 23.2 Å². The van der Waals surface area contributed by atoms with Gasteiger partial charge in [0.2, 0.25) is 5.88 Å². The van der Waals surface area contributed by atoms with Crippen LogP contribution in [0.15, 0.2) is 15.5 Å². The van der Waals surface area contributed by atoms with Gasteiger partial charge in [-0.05, 0) is 61.4 Å². The molecule has 1 aromatic carbocycles. The number of rotatable bonds is 3. The van der Waals surface area contributed by atoms with Crippen LogP contribution in [0.5, 0.6) is 5.88 Å². The Morgan fingerprint density at radius 2 is 2.00 bits per heavy atom. The van der Waals surface area contributed by atoms with Crippen molar-refractivity contribution in [1.29, 1.82) is 0 Å². The van der Waals surface area contributed by atoms with Gasteiger partial charge in [-0.15, -0.1) is 4.36 Å². The van der Waals surface area contributed by atoms with Crippen molar-refractivity contribution in [2.24, 2.45) is 9.50 Å². The Hall–Kier alpha value is -2.50. The number of fused-ring (bicyclic) bond motifs is 3. The van der Waals surface area contributed by atoms with Gasteiger partial charge >= 0.3 is 6.03 Å². The van der Waals surface area contributed by atoms with Crippen LogP contribution < -0.4 is 20.5 Å². The van der Waals surface area contributed by atoms with Gasteiger partial charge in [0.1, 0.15) is 17.3 Å². The molecule has 0 saturated carbocycles. The number of anilines is 1. The van der Waals surface area contributed by atoms with Gasteiger partial charge in [-0.2, -0.15) is 5.10 Å². The summed E-state index contributed by atoms with van der Waals surface area (Å²) in [4.78, 5) is 12.7. The summed E-state index contributed by atoms with van der Waals surface area (Å²) in [5.41, 5.74) is 3.58. The van der Waals surface area contributed by atoms with Gasteiger partial charge in [0.05, 0.1) is 18.8 Å². The van der Waals surface area contributed by atoms with E-state index in [1.165, 1.54) is 6.20 Å². The molecule has 30 heavy (non-hydrogen) atoms. The molecule has 11 heteroatoms. The first-order chi connectivity index (χ1) is 14.4. The monoisotopic (exact) mass is 434 g/mol. The van der Waals surface area contributed by atoms with Gasteiger partial charge < -0.3 is 15.4 Å². The van der Waals surface area contributed by atoms with Crippen molar-refractivity contribution in [1.82, 2.24) is 15.1 Å². The quantitative estimate of drug-likeness (QED) is 0.676. The number of hydrogen-bond donors (Lipinski definition) is 3. The third-order valence-corrected chi connectivity index (χ3v) is 7.44. The topological polar surface area (TPSA) is 124 Å². The van der Waals surface area contributed by atoms with E-state index in [9.17, 15) is 13.4 Å². The second kappa shape index (κ2) is 7.03. The Labute approximate surface area is 173 Å². The minimum atomic E-state index is -3.57. The van der Waals surface area contributed by atoms with Crippen molar-refractivity contribution < 1.29 is 18.1 Å². The Morgan fingerprint density at radius 1 is 1.30 bits per heavy atom. The Balaban J connectivity index is 1.45. The molecular weight excluding hydrogens is 411 g/mol. The normalized spacial score (nSPS) is 20.8. The lowest BCUT2D eigenvalue weighted by atomic mass is 9.83. The van der Waals surface area contributed by atoms with E-state index >= 15 is 0 Å². The number of carbonyl (C=O) groups excluding carboxylic acids is 1. The molecule has 0 spiro atoms. The molecule has 2 heterocycles. The SMILES string of the molecule is CNC1COc2c([S@@](N)(=O)=NC(=O)Nc3c4c(c(F)c5c3CC5)CCC4)cnn2C1. The number of hydrogen-bond acceptors (Lipinski definition) is 5. The highest BCUT2D eigenvalue weighted by Crippen LogP contribution is 2.42. The zero-order chi connectivity index (χ0) is 21.0. The fourth-order valence-corrected chi connectivity index (χ4v) is 5.42. The van der Waals surface area contributed by atoms with E-state index < -0.39 is 15.9 Å². The summed E-state index contributed by atoms with van der Waals surface area (Å²) in [6.07, 6.45) is 4.89. The van der Waals surface area contributed by atoms with Crippen LogP contribution >= 0.6 is 0 Å². The van der Waals surface area contributed by atoms with E-state index in [1.807, 2.05) is 7.05 Å². The highest BCUT2D eigenvalue weighted by atomic mass is 32.2. The highest BCUT2D eigenvalue weighted by molar-refractivity contribution is 7.91. The standard InChI is InChI=1S/C19H23FN6O3S/c1-22-10-8-26-18(29-9-10)15(7-23-26)30(21,28)25-19(27)24-17-13-4-2-3-11(13)16(20)12-5-6-14(12)17/h7,10,22H,2-6,8-9H2,1H3,(H3,21,24,25,27,28)/t10?,30-/m0/s1. The lowest BCUT2D eigenvalue weighted by Crippen LogP contribution is -2.40. The second-order valence-electron chi connectivity index (χ2n) is 7.84. The van der Waals surface area contributed by atoms with Gasteiger partial charge in [-0.3, -0.25) is 0 Å². The number of ether oxygens (including phenoxy) is 1. The predicted octanol–water partition coefficient (Wildman–Crippen LogP) is 1.52. The number of carbonyl (C=O) groups is 1. The Bertz CT molecular complexity index is 1180. The van der Waals surface area contributed by atoms with Crippen molar-refractivity contribution in [2.75, 3.05) is 19.0 Å². The van der Waals surface area contributed by atoms with Crippen LogP contribution in [0.25, 0.3) is 0 Å². The van der Waals surface area contributed by atoms with Crippen LogP contribution in [0.3, 0.4) is 0 Å². The molecule has 0 bridgehead atoms. The Kier molecular flexibility index (Phi) is 4.56. The van der Waals surface area contributed by atoms with Crippen molar-refractivity contribution in [3.8, 4) is 5.88 Å². The first kappa shape index (κ1) is 19.5.